The minimum absolute atomic E-state index is 0.108. The number of benzene rings is 1. The molecule has 0 fully saturated rings. The van der Waals surface area contributed by atoms with Crippen molar-refractivity contribution in [3.63, 3.8) is 0 Å². The van der Waals surface area contributed by atoms with Crippen LogP contribution in [0, 0.1) is 6.92 Å². The number of oxime groups is 1. The second-order valence-electron chi connectivity index (χ2n) is 4.12. The Morgan fingerprint density at radius 3 is 2.58 bits per heavy atom. The number of esters is 1. The zero-order valence-electron chi connectivity index (χ0n) is 10.5. The molecule has 6 nitrogen and oxygen atoms in total. The van der Waals surface area contributed by atoms with Crippen LogP contribution in [-0.4, -0.2) is 32.6 Å². The molecule has 0 spiro atoms. The number of carbonyl (C=O) groups is 1. The number of hydrogen-bond acceptors (Lipinski definition) is 6. The standard InChI is InChI=1S/C12H13NO5S/c1-8-3-5-9(6-4-8)19(15,16)11-7-10(18-13-11)12(14)17-2/h3-6,10H,7H2,1-2H3. The van der Waals surface area contributed by atoms with Crippen LogP contribution in [0.1, 0.15) is 12.0 Å². The summed E-state index contributed by atoms with van der Waals surface area (Å²) in [6.45, 7) is 1.86. The van der Waals surface area contributed by atoms with Gasteiger partial charge in [-0.1, -0.05) is 22.9 Å². The van der Waals surface area contributed by atoms with Crippen LogP contribution in [0.15, 0.2) is 34.3 Å². The molecular formula is C12H13NO5S. The van der Waals surface area contributed by atoms with Crippen LogP contribution in [0.25, 0.3) is 0 Å². The van der Waals surface area contributed by atoms with Crippen molar-refractivity contribution in [1.82, 2.24) is 0 Å². The molecule has 102 valence electrons. The molecule has 0 aliphatic carbocycles. The minimum atomic E-state index is -3.71. The first-order valence-corrected chi connectivity index (χ1v) is 7.05. The number of methoxy groups -OCH3 is 1. The molecule has 1 aromatic carbocycles. The van der Waals surface area contributed by atoms with Crippen LogP contribution >= 0.6 is 0 Å². The maximum atomic E-state index is 12.2. The van der Waals surface area contributed by atoms with E-state index in [0.717, 1.165) is 5.56 Å². The zero-order valence-corrected chi connectivity index (χ0v) is 11.3. The smallest absolute Gasteiger partial charge is 0.350 e. The summed E-state index contributed by atoms with van der Waals surface area (Å²) in [6, 6.07) is 6.39. The highest BCUT2D eigenvalue weighted by Crippen LogP contribution is 2.21. The maximum Gasteiger partial charge on any atom is 0.350 e. The average Bonchev–Trinajstić information content (AvgIpc) is 2.88. The molecule has 19 heavy (non-hydrogen) atoms. The number of carbonyl (C=O) groups excluding carboxylic acids is 1. The first-order chi connectivity index (χ1) is 8.95. The molecule has 0 N–H and O–H groups in total. The van der Waals surface area contributed by atoms with Crippen LogP contribution in [0.4, 0.5) is 0 Å². The summed E-state index contributed by atoms with van der Waals surface area (Å²) in [5, 5.41) is 3.32. The van der Waals surface area contributed by atoms with Crippen LogP contribution < -0.4 is 0 Å². The van der Waals surface area contributed by atoms with Gasteiger partial charge in [0.05, 0.1) is 18.4 Å². The predicted octanol–water partition coefficient (Wildman–Crippen LogP) is 1.04. The van der Waals surface area contributed by atoms with Crippen LogP contribution in [0.5, 0.6) is 0 Å². The molecule has 1 aliphatic heterocycles. The summed E-state index contributed by atoms with van der Waals surface area (Å²) in [4.78, 5) is 16.2. The topological polar surface area (TPSA) is 82.0 Å². The van der Waals surface area contributed by atoms with Gasteiger partial charge in [0.15, 0.2) is 5.04 Å². The average molecular weight is 283 g/mol. The van der Waals surface area contributed by atoms with E-state index in [9.17, 15) is 13.2 Å². The Labute approximate surface area is 110 Å². The quantitative estimate of drug-likeness (QED) is 0.757. The molecule has 1 unspecified atom stereocenters. The van der Waals surface area contributed by atoms with Gasteiger partial charge in [-0.3, -0.25) is 0 Å². The highest BCUT2D eigenvalue weighted by molar-refractivity contribution is 8.06. The van der Waals surface area contributed by atoms with Gasteiger partial charge in [0.2, 0.25) is 15.9 Å². The fraction of sp³-hybridized carbons (Fsp3) is 0.333. The van der Waals surface area contributed by atoms with Crippen molar-refractivity contribution in [3.05, 3.63) is 29.8 Å². The van der Waals surface area contributed by atoms with E-state index in [-0.39, 0.29) is 16.4 Å². The maximum absolute atomic E-state index is 12.2. The molecule has 0 saturated carbocycles. The molecule has 1 aromatic rings. The Morgan fingerprint density at radius 2 is 2.00 bits per heavy atom. The summed E-state index contributed by atoms with van der Waals surface area (Å²) in [5.41, 5.74) is 0.955. The Hall–Kier alpha value is -1.89. The Balaban J connectivity index is 2.23. The minimum Gasteiger partial charge on any atom is -0.466 e. The summed E-state index contributed by atoms with van der Waals surface area (Å²) in [5.74, 6) is -0.641. The number of sulfone groups is 1. The van der Waals surface area contributed by atoms with E-state index in [1.54, 1.807) is 12.1 Å². The Bertz CT molecular complexity index is 618. The Kier molecular flexibility index (Phi) is 3.57. The van der Waals surface area contributed by atoms with Crippen molar-refractivity contribution < 1.29 is 22.8 Å². The second kappa shape index (κ2) is 5.00. The number of nitrogens with zero attached hydrogens (tertiary/aromatic N) is 1. The lowest BCUT2D eigenvalue weighted by Crippen LogP contribution is -2.24. The molecule has 1 atom stereocenters. The van der Waals surface area contributed by atoms with Gasteiger partial charge in [-0.05, 0) is 19.1 Å². The van der Waals surface area contributed by atoms with E-state index >= 15 is 0 Å². The third-order valence-corrected chi connectivity index (χ3v) is 4.50. The first-order valence-electron chi connectivity index (χ1n) is 5.57. The number of aryl methyl sites for hydroxylation is 1. The molecule has 0 bridgehead atoms. The third-order valence-electron chi connectivity index (χ3n) is 2.75. The SMILES string of the molecule is COC(=O)C1CC(S(=O)(=O)c2ccc(C)cc2)=NO1. The molecule has 0 aromatic heterocycles. The lowest BCUT2D eigenvalue weighted by Gasteiger charge is -2.05. The van der Waals surface area contributed by atoms with E-state index in [4.69, 9.17) is 4.84 Å². The van der Waals surface area contributed by atoms with Gasteiger partial charge in [0.25, 0.3) is 0 Å². The highest BCUT2D eigenvalue weighted by Gasteiger charge is 2.36. The molecule has 1 aliphatic rings. The van der Waals surface area contributed by atoms with Crippen LogP contribution in [0.3, 0.4) is 0 Å². The molecule has 2 rings (SSSR count). The fourth-order valence-electron chi connectivity index (χ4n) is 1.63. The van der Waals surface area contributed by atoms with Gasteiger partial charge in [-0.15, -0.1) is 0 Å². The monoisotopic (exact) mass is 283 g/mol. The second-order valence-corrected chi connectivity index (χ2v) is 6.07. The van der Waals surface area contributed by atoms with E-state index in [0.29, 0.717) is 0 Å². The molecule has 1 heterocycles. The van der Waals surface area contributed by atoms with Gasteiger partial charge < -0.3 is 9.57 Å². The number of hydrogen-bond donors (Lipinski definition) is 0. The van der Waals surface area contributed by atoms with E-state index in [1.807, 2.05) is 6.92 Å². The molecule has 0 amide bonds. The van der Waals surface area contributed by atoms with Gasteiger partial charge in [0.1, 0.15) is 0 Å². The van der Waals surface area contributed by atoms with Crippen molar-refractivity contribution in [2.75, 3.05) is 7.11 Å². The van der Waals surface area contributed by atoms with Gasteiger partial charge in [-0.2, -0.15) is 0 Å². The van der Waals surface area contributed by atoms with Crippen molar-refractivity contribution >= 4 is 20.9 Å². The summed E-state index contributed by atoms with van der Waals surface area (Å²) in [7, 11) is -2.51. The van der Waals surface area contributed by atoms with E-state index in [1.165, 1.54) is 19.2 Å². The predicted molar refractivity (Wildman–Crippen MR) is 67.3 cm³/mol. The van der Waals surface area contributed by atoms with Crippen molar-refractivity contribution in [2.24, 2.45) is 5.16 Å². The number of rotatable bonds is 2. The Morgan fingerprint density at radius 1 is 1.37 bits per heavy atom. The largest absolute Gasteiger partial charge is 0.466 e. The van der Waals surface area contributed by atoms with Gasteiger partial charge >= 0.3 is 5.97 Å². The van der Waals surface area contributed by atoms with Crippen molar-refractivity contribution in [2.45, 2.75) is 24.3 Å². The third kappa shape index (κ3) is 2.60. The van der Waals surface area contributed by atoms with Crippen molar-refractivity contribution in [1.29, 1.82) is 0 Å². The lowest BCUT2D eigenvalue weighted by atomic mass is 10.2. The summed E-state index contributed by atoms with van der Waals surface area (Å²) >= 11 is 0. The first kappa shape index (κ1) is 13.5. The van der Waals surface area contributed by atoms with Gasteiger partial charge in [-0.25, -0.2) is 13.2 Å². The van der Waals surface area contributed by atoms with Crippen LogP contribution in [-0.2, 0) is 24.2 Å². The zero-order chi connectivity index (χ0) is 14.0. The number of ether oxygens (including phenoxy) is 1. The van der Waals surface area contributed by atoms with Crippen LogP contribution in [0.2, 0.25) is 0 Å². The normalized spacial score (nSPS) is 18.6. The fourth-order valence-corrected chi connectivity index (χ4v) is 2.90. The molecule has 7 heteroatoms. The summed E-state index contributed by atoms with van der Waals surface area (Å²) < 4.78 is 29.0. The molecule has 0 radical (unpaired) electrons. The molecule has 0 saturated heterocycles. The summed E-state index contributed by atoms with van der Waals surface area (Å²) in [6.07, 6.45) is -1.09. The van der Waals surface area contributed by atoms with Gasteiger partial charge in [0, 0.05) is 0 Å². The van der Waals surface area contributed by atoms with Crippen molar-refractivity contribution in [3.8, 4) is 0 Å². The lowest BCUT2D eigenvalue weighted by molar-refractivity contribution is -0.152. The highest BCUT2D eigenvalue weighted by atomic mass is 32.2. The van der Waals surface area contributed by atoms with E-state index in [2.05, 4.69) is 9.89 Å². The van der Waals surface area contributed by atoms with E-state index < -0.39 is 21.9 Å². The molecular weight excluding hydrogens is 270 g/mol.